The zero-order valence-electron chi connectivity index (χ0n) is 18.6. The van der Waals surface area contributed by atoms with Gasteiger partial charge in [0.05, 0.1) is 11.3 Å². The molecule has 3 aromatic rings. The van der Waals surface area contributed by atoms with Crippen molar-refractivity contribution in [1.82, 2.24) is 4.90 Å². The highest BCUT2D eigenvalue weighted by Gasteiger charge is 2.44. The normalized spacial score (nSPS) is 17.1. The number of amides is 2. The number of benzene rings is 3. The minimum atomic E-state index is -0.648. The molecule has 4 nitrogen and oxygen atoms in total. The molecule has 0 aliphatic carbocycles. The molecule has 172 valence electrons. The lowest BCUT2D eigenvalue weighted by atomic mass is 9.89. The molecule has 2 heterocycles. The highest BCUT2D eigenvalue weighted by molar-refractivity contribution is 6.45. The van der Waals surface area contributed by atoms with Crippen molar-refractivity contribution in [2.24, 2.45) is 5.92 Å². The molecule has 0 radical (unpaired) electrons. The van der Waals surface area contributed by atoms with Crippen molar-refractivity contribution in [3.05, 3.63) is 107 Å². The minimum absolute atomic E-state index is 0.0777. The molecule has 0 atom stereocenters. The third-order valence-electron chi connectivity index (χ3n) is 6.58. The van der Waals surface area contributed by atoms with Gasteiger partial charge < -0.3 is 4.90 Å². The Morgan fingerprint density at radius 1 is 0.765 bits per heavy atom. The molecule has 1 saturated heterocycles. The lowest BCUT2D eigenvalue weighted by molar-refractivity contribution is -0.120. The summed E-state index contributed by atoms with van der Waals surface area (Å²) in [7, 11) is 0. The van der Waals surface area contributed by atoms with Crippen molar-refractivity contribution < 1.29 is 18.4 Å². The van der Waals surface area contributed by atoms with Gasteiger partial charge in [0, 0.05) is 13.1 Å². The van der Waals surface area contributed by atoms with Crippen LogP contribution in [0, 0.1) is 17.6 Å². The second-order valence-electron chi connectivity index (χ2n) is 8.75. The van der Waals surface area contributed by atoms with Crippen LogP contribution < -0.4 is 4.90 Å². The maximum atomic E-state index is 14.6. The number of piperidine rings is 1. The summed E-state index contributed by atoms with van der Waals surface area (Å²) in [5.41, 5.74) is 2.10. The number of hydrogen-bond donors (Lipinski definition) is 0. The maximum Gasteiger partial charge on any atom is 0.282 e. The van der Waals surface area contributed by atoms with E-state index in [0.717, 1.165) is 24.2 Å². The molecule has 2 aliphatic rings. The molecule has 0 bridgehead atoms. The lowest BCUT2D eigenvalue weighted by Crippen LogP contribution is -2.39. The molecule has 6 heteroatoms. The first kappa shape index (κ1) is 22.0. The number of halogens is 2. The summed E-state index contributed by atoms with van der Waals surface area (Å²) in [5.74, 6) is -1.75. The van der Waals surface area contributed by atoms with Gasteiger partial charge in [-0.05, 0) is 60.6 Å². The van der Waals surface area contributed by atoms with Gasteiger partial charge in [-0.1, -0.05) is 54.6 Å². The number of carbonyl (C=O) groups is 2. The average molecular weight is 459 g/mol. The summed E-state index contributed by atoms with van der Waals surface area (Å²) in [4.78, 5) is 29.9. The Hall–Kier alpha value is -3.80. The predicted molar refractivity (Wildman–Crippen MR) is 127 cm³/mol. The van der Waals surface area contributed by atoms with Crippen LogP contribution in [0.4, 0.5) is 14.5 Å². The fourth-order valence-electron chi connectivity index (χ4n) is 4.85. The molecule has 2 aliphatic heterocycles. The van der Waals surface area contributed by atoms with Crippen molar-refractivity contribution >= 4 is 23.1 Å². The van der Waals surface area contributed by atoms with Crippen LogP contribution in [0.2, 0.25) is 0 Å². The van der Waals surface area contributed by atoms with E-state index in [1.54, 1.807) is 6.07 Å². The Labute approximate surface area is 197 Å². The maximum absolute atomic E-state index is 14.6. The van der Waals surface area contributed by atoms with Gasteiger partial charge in [-0.2, -0.15) is 0 Å². The molecule has 0 aromatic heterocycles. The van der Waals surface area contributed by atoms with Crippen LogP contribution in [-0.4, -0.2) is 29.8 Å². The number of hydrogen-bond acceptors (Lipinski definition) is 3. The van der Waals surface area contributed by atoms with Gasteiger partial charge in [0.25, 0.3) is 11.8 Å². The zero-order valence-corrected chi connectivity index (χ0v) is 18.6. The van der Waals surface area contributed by atoms with Gasteiger partial charge in [0.15, 0.2) is 0 Å². The third-order valence-corrected chi connectivity index (χ3v) is 6.58. The molecular formula is C28H24F2N2O2. The van der Waals surface area contributed by atoms with Crippen molar-refractivity contribution in [3.8, 4) is 0 Å². The number of nitrogens with zero attached hydrogens (tertiary/aromatic N) is 2. The average Bonchev–Trinajstić information content (AvgIpc) is 3.11. The Balaban J connectivity index is 1.46. The molecule has 0 saturated carbocycles. The SMILES string of the molecule is O=C1C(c2ccc(F)cc2)=C(N2CCC(Cc3ccccc3)CC2)C(=O)N1c1ccccc1F. The number of anilines is 1. The predicted octanol–water partition coefficient (Wildman–Crippen LogP) is 5.20. The Morgan fingerprint density at radius 2 is 1.41 bits per heavy atom. The summed E-state index contributed by atoms with van der Waals surface area (Å²) < 4.78 is 28.1. The van der Waals surface area contributed by atoms with E-state index in [-0.39, 0.29) is 17.0 Å². The van der Waals surface area contributed by atoms with E-state index in [2.05, 4.69) is 12.1 Å². The highest BCUT2D eigenvalue weighted by Crippen LogP contribution is 2.37. The van der Waals surface area contributed by atoms with E-state index in [1.165, 1.54) is 48.0 Å². The molecule has 2 amide bonds. The molecule has 3 aromatic carbocycles. The first-order valence-corrected chi connectivity index (χ1v) is 11.5. The van der Waals surface area contributed by atoms with E-state index in [4.69, 9.17) is 0 Å². The van der Waals surface area contributed by atoms with Crippen molar-refractivity contribution in [1.29, 1.82) is 0 Å². The smallest absolute Gasteiger partial charge is 0.282 e. The van der Waals surface area contributed by atoms with Gasteiger partial charge in [0.2, 0.25) is 0 Å². The number of rotatable bonds is 5. The number of para-hydroxylation sites is 1. The molecular weight excluding hydrogens is 434 g/mol. The molecule has 0 N–H and O–H groups in total. The summed E-state index contributed by atoms with van der Waals surface area (Å²) in [5, 5.41) is 0. The molecule has 34 heavy (non-hydrogen) atoms. The summed E-state index contributed by atoms with van der Waals surface area (Å²) >= 11 is 0. The van der Waals surface area contributed by atoms with Crippen molar-refractivity contribution in [3.63, 3.8) is 0 Å². The Morgan fingerprint density at radius 3 is 2.09 bits per heavy atom. The first-order valence-electron chi connectivity index (χ1n) is 11.5. The Kier molecular flexibility index (Phi) is 5.97. The van der Waals surface area contributed by atoms with E-state index < -0.39 is 23.4 Å². The lowest BCUT2D eigenvalue weighted by Gasteiger charge is -2.34. The number of imide groups is 1. The van der Waals surface area contributed by atoms with Crippen molar-refractivity contribution in [2.75, 3.05) is 18.0 Å². The topological polar surface area (TPSA) is 40.6 Å². The summed E-state index contributed by atoms with van der Waals surface area (Å²) in [6.07, 6.45) is 2.71. The van der Waals surface area contributed by atoms with Gasteiger partial charge in [0.1, 0.15) is 17.3 Å². The van der Waals surface area contributed by atoms with E-state index in [1.807, 2.05) is 23.1 Å². The standard InChI is InChI=1S/C28H24F2N2O2/c29-22-12-10-21(11-13-22)25-26(28(34)32(27(25)33)24-9-5-4-8-23(24)30)31-16-14-20(15-17-31)18-19-6-2-1-3-7-19/h1-13,20H,14-18H2. The van der Waals surface area contributed by atoms with E-state index in [9.17, 15) is 18.4 Å². The summed E-state index contributed by atoms with van der Waals surface area (Å²) in [6, 6.07) is 21.5. The largest absolute Gasteiger partial charge is 0.366 e. The minimum Gasteiger partial charge on any atom is -0.366 e. The second kappa shape index (κ2) is 9.21. The fourth-order valence-corrected chi connectivity index (χ4v) is 4.85. The monoisotopic (exact) mass is 458 g/mol. The third kappa shape index (κ3) is 4.12. The zero-order chi connectivity index (χ0) is 23.7. The fraction of sp³-hybridized carbons (Fsp3) is 0.214. The van der Waals surface area contributed by atoms with Crippen LogP contribution in [-0.2, 0) is 16.0 Å². The quantitative estimate of drug-likeness (QED) is 0.493. The second-order valence-corrected chi connectivity index (χ2v) is 8.75. The van der Waals surface area contributed by atoms with Gasteiger partial charge in [-0.15, -0.1) is 0 Å². The summed E-state index contributed by atoms with van der Waals surface area (Å²) in [6.45, 7) is 1.23. The molecule has 0 spiro atoms. The van der Waals surface area contributed by atoms with E-state index >= 15 is 0 Å². The van der Waals surface area contributed by atoms with Crippen LogP contribution in [0.15, 0.2) is 84.6 Å². The van der Waals surface area contributed by atoms with E-state index in [0.29, 0.717) is 24.6 Å². The van der Waals surface area contributed by atoms with Crippen LogP contribution in [0.5, 0.6) is 0 Å². The highest BCUT2D eigenvalue weighted by atomic mass is 19.1. The Bertz CT molecular complexity index is 1250. The van der Waals surface area contributed by atoms with Crippen LogP contribution >= 0.6 is 0 Å². The van der Waals surface area contributed by atoms with Gasteiger partial charge >= 0.3 is 0 Å². The van der Waals surface area contributed by atoms with Crippen molar-refractivity contribution in [2.45, 2.75) is 19.3 Å². The van der Waals surface area contributed by atoms with Crippen LogP contribution in [0.3, 0.4) is 0 Å². The molecule has 5 rings (SSSR count). The molecule has 0 unspecified atom stereocenters. The van der Waals surface area contributed by atoms with Gasteiger partial charge in [-0.3, -0.25) is 9.59 Å². The number of carbonyl (C=O) groups excluding carboxylic acids is 2. The van der Waals surface area contributed by atoms with Crippen LogP contribution in [0.1, 0.15) is 24.0 Å². The first-order chi connectivity index (χ1) is 16.5. The number of likely N-dealkylation sites (tertiary alicyclic amines) is 1. The molecule has 1 fully saturated rings. The van der Waals surface area contributed by atoms with Gasteiger partial charge in [-0.25, -0.2) is 13.7 Å². The van der Waals surface area contributed by atoms with Crippen LogP contribution in [0.25, 0.3) is 5.57 Å².